The number of halogens is 1. The van der Waals surface area contributed by atoms with Crippen LogP contribution in [0, 0.1) is 5.82 Å². The highest BCUT2D eigenvalue weighted by Gasteiger charge is 2.36. The number of benzene rings is 3. The molecule has 34 heavy (non-hydrogen) atoms. The van der Waals surface area contributed by atoms with Gasteiger partial charge in [0, 0.05) is 11.3 Å². The number of allylic oxidation sites excluding steroid dienone is 1. The van der Waals surface area contributed by atoms with Gasteiger partial charge in [0.15, 0.2) is 0 Å². The average Bonchev–Trinajstić information content (AvgIpc) is 3.34. The molecule has 1 aromatic heterocycles. The van der Waals surface area contributed by atoms with E-state index in [1.807, 2.05) is 54.6 Å². The molecule has 0 spiro atoms. The molecule has 1 aliphatic heterocycles. The molecule has 0 saturated carbocycles. The van der Waals surface area contributed by atoms with Gasteiger partial charge in [0.1, 0.15) is 11.6 Å². The number of carbonyl (C=O) groups excluding carboxylic acids is 1. The first-order valence-corrected chi connectivity index (χ1v) is 10.7. The summed E-state index contributed by atoms with van der Waals surface area (Å²) in [5, 5.41) is 7.16. The van der Waals surface area contributed by atoms with Gasteiger partial charge in [0.2, 0.25) is 5.82 Å². The molecule has 2 heterocycles. The van der Waals surface area contributed by atoms with Gasteiger partial charge >= 0.3 is 6.03 Å². The van der Waals surface area contributed by atoms with E-state index in [-0.39, 0.29) is 11.9 Å². The quantitative estimate of drug-likeness (QED) is 0.424. The van der Waals surface area contributed by atoms with Gasteiger partial charge in [-0.05, 0) is 55.0 Å². The summed E-state index contributed by atoms with van der Waals surface area (Å²) in [5.74, 6) is 0.942. The summed E-state index contributed by atoms with van der Waals surface area (Å²) in [7, 11) is 1.60. The minimum Gasteiger partial charge on any atom is -0.497 e. The normalized spacial score (nSPS) is 15.9. The zero-order chi connectivity index (χ0) is 23.7. The Balaban J connectivity index is 1.63. The number of aromatic nitrogens is 2. The summed E-state index contributed by atoms with van der Waals surface area (Å²) in [5.41, 5.74) is 3.20. The van der Waals surface area contributed by atoms with Crippen LogP contribution in [0.1, 0.15) is 24.4 Å². The lowest BCUT2D eigenvalue weighted by atomic mass is 9.94. The third-order valence-electron chi connectivity index (χ3n) is 5.69. The van der Waals surface area contributed by atoms with Gasteiger partial charge in [-0.1, -0.05) is 41.6 Å². The van der Waals surface area contributed by atoms with E-state index in [0.29, 0.717) is 22.8 Å². The molecule has 0 bridgehead atoms. The zero-order valence-corrected chi connectivity index (χ0v) is 18.5. The number of hydrogen-bond acceptors (Lipinski definition) is 5. The van der Waals surface area contributed by atoms with Crippen LogP contribution in [-0.4, -0.2) is 23.3 Å². The van der Waals surface area contributed by atoms with Crippen LogP contribution in [0.25, 0.3) is 17.0 Å². The van der Waals surface area contributed by atoms with Gasteiger partial charge in [-0.15, -0.1) is 0 Å². The van der Waals surface area contributed by atoms with Crippen molar-refractivity contribution in [1.29, 1.82) is 0 Å². The van der Waals surface area contributed by atoms with Crippen molar-refractivity contribution in [3.8, 4) is 17.1 Å². The van der Waals surface area contributed by atoms with Crippen LogP contribution in [0.2, 0.25) is 0 Å². The standard InChI is InChI=1S/C26H21FN4O3/c1-16-22(25-29-24(30-34-25)18-11-13-21(33-2)14-12-18)23(17-7-4-3-5-8-17)28-26(32)31(16)20-10-6-9-19(27)15-20/h3-15,23H,1-2H3,(H,28,32). The van der Waals surface area contributed by atoms with Crippen molar-refractivity contribution in [3.05, 3.63) is 102 Å². The molecule has 2 amide bonds. The number of hydrogen-bond donors (Lipinski definition) is 1. The summed E-state index contributed by atoms with van der Waals surface area (Å²) in [6, 6.07) is 21.8. The SMILES string of the molecule is COc1ccc(-c2noc(C3=C(C)N(c4cccc(F)c4)C(=O)NC3c3ccccc3)n2)cc1. The Morgan fingerprint density at radius 3 is 2.50 bits per heavy atom. The predicted octanol–water partition coefficient (Wildman–Crippen LogP) is 5.59. The molecule has 0 saturated heterocycles. The zero-order valence-electron chi connectivity index (χ0n) is 18.5. The van der Waals surface area contributed by atoms with Crippen molar-refractivity contribution in [2.75, 3.05) is 12.0 Å². The van der Waals surface area contributed by atoms with E-state index in [2.05, 4.69) is 15.5 Å². The van der Waals surface area contributed by atoms with E-state index in [9.17, 15) is 9.18 Å². The fraction of sp³-hybridized carbons (Fsp3) is 0.115. The molecule has 0 aliphatic carbocycles. The second-order valence-electron chi connectivity index (χ2n) is 7.76. The van der Waals surface area contributed by atoms with E-state index in [0.717, 1.165) is 16.9 Å². The molecule has 0 fully saturated rings. The van der Waals surface area contributed by atoms with Crippen LogP contribution in [0.15, 0.2) is 89.1 Å². The van der Waals surface area contributed by atoms with E-state index in [4.69, 9.17) is 9.26 Å². The molecule has 1 atom stereocenters. The number of nitrogens with zero attached hydrogens (tertiary/aromatic N) is 3. The lowest BCUT2D eigenvalue weighted by Crippen LogP contribution is -2.46. The Hall–Kier alpha value is -4.46. The molecule has 1 N–H and O–H groups in total. The molecule has 8 heteroatoms. The van der Waals surface area contributed by atoms with Crippen molar-refractivity contribution < 1.29 is 18.4 Å². The lowest BCUT2D eigenvalue weighted by Gasteiger charge is -2.35. The lowest BCUT2D eigenvalue weighted by molar-refractivity contribution is 0.244. The molecule has 7 nitrogen and oxygen atoms in total. The van der Waals surface area contributed by atoms with E-state index >= 15 is 0 Å². The molecule has 170 valence electrons. The second kappa shape index (κ2) is 8.82. The Morgan fingerprint density at radius 2 is 1.79 bits per heavy atom. The van der Waals surface area contributed by atoms with E-state index < -0.39 is 11.9 Å². The van der Waals surface area contributed by atoms with Crippen LogP contribution in [-0.2, 0) is 0 Å². The predicted molar refractivity (Wildman–Crippen MR) is 125 cm³/mol. The van der Waals surface area contributed by atoms with Crippen LogP contribution < -0.4 is 15.0 Å². The van der Waals surface area contributed by atoms with Gasteiger partial charge in [-0.25, -0.2) is 9.18 Å². The highest BCUT2D eigenvalue weighted by Crippen LogP contribution is 2.39. The van der Waals surface area contributed by atoms with Crippen molar-refractivity contribution in [1.82, 2.24) is 15.5 Å². The van der Waals surface area contributed by atoms with Crippen LogP contribution in [0.5, 0.6) is 5.75 Å². The Bertz CT molecular complexity index is 1370. The fourth-order valence-electron chi connectivity index (χ4n) is 4.03. The number of urea groups is 1. The van der Waals surface area contributed by atoms with Crippen molar-refractivity contribution in [2.24, 2.45) is 0 Å². The van der Waals surface area contributed by atoms with Gasteiger partial charge in [-0.2, -0.15) is 4.98 Å². The number of amides is 2. The summed E-state index contributed by atoms with van der Waals surface area (Å²) in [6.45, 7) is 1.78. The Kier molecular flexibility index (Phi) is 5.55. The molecular formula is C26H21FN4O3. The first-order valence-electron chi connectivity index (χ1n) is 10.7. The number of anilines is 1. The largest absolute Gasteiger partial charge is 0.497 e. The van der Waals surface area contributed by atoms with Crippen molar-refractivity contribution in [2.45, 2.75) is 13.0 Å². The average molecular weight is 456 g/mol. The maximum atomic E-state index is 14.0. The number of methoxy groups -OCH3 is 1. The topological polar surface area (TPSA) is 80.5 Å². The number of ether oxygens (including phenoxy) is 1. The Labute approximate surface area is 195 Å². The van der Waals surface area contributed by atoms with Gasteiger partial charge in [0.25, 0.3) is 5.89 Å². The van der Waals surface area contributed by atoms with Gasteiger partial charge in [-0.3, -0.25) is 4.90 Å². The molecule has 1 unspecified atom stereocenters. The first-order chi connectivity index (χ1) is 16.5. The van der Waals surface area contributed by atoms with E-state index in [1.54, 1.807) is 26.2 Å². The molecule has 4 aromatic rings. The maximum Gasteiger partial charge on any atom is 0.327 e. The number of carbonyl (C=O) groups is 1. The molecule has 1 aliphatic rings. The summed E-state index contributed by atoms with van der Waals surface area (Å²) < 4.78 is 24.8. The third kappa shape index (κ3) is 3.90. The van der Waals surface area contributed by atoms with E-state index in [1.165, 1.54) is 17.0 Å². The third-order valence-corrected chi connectivity index (χ3v) is 5.69. The maximum absolute atomic E-state index is 14.0. The van der Waals surface area contributed by atoms with Crippen molar-refractivity contribution in [3.63, 3.8) is 0 Å². The monoisotopic (exact) mass is 456 g/mol. The summed E-state index contributed by atoms with van der Waals surface area (Å²) in [4.78, 5) is 19.2. The molecule has 5 rings (SSSR count). The first kappa shape index (κ1) is 21.4. The summed E-state index contributed by atoms with van der Waals surface area (Å²) in [6.07, 6.45) is 0. The fourth-order valence-corrected chi connectivity index (χ4v) is 4.03. The van der Waals surface area contributed by atoms with Crippen molar-refractivity contribution >= 4 is 17.3 Å². The van der Waals surface area contributed by atoms with Gasteiger partial charge < -0.3 is 14.6 Å². The summed E-state index contributed by atoms with van der Waals surface area (Å²) >= 11 is 0. The number of rotatable bonds is 5. The molecule has 3 aromatic carbocycles. The second-order valence-corrected chi connectivity index (χ2v) is 7.76. The van der Waals surface area contributed by atoms with Crippen LogP contribution in [0.4, 0.5) is 14.9 Å². The molecular weight excluding hydrogens is 435 g/mol. The van der Waals surface area contributed by atoms with Crippen LogP contribution >= 0.6 is 0 Å². The minimum absolute atomic E-state index is 0.263. The smallest absolute Gasteiger partial charge is 0.327 e. The highest BCUT2D eigenvalue weighted by molar-refractivity contribution is 6.01. The van der Waals surface area contributed by atoms with Gasteiger partial charge in [0.05, 0.1) is 24.4 Å². The highest BCUT2D eigenvalue weighted by atomic mass is 19.1. The molecule has 0 radical (unpaired) electrons. The minimum atomic E-state index is -0.525. The Morgan fingerprint density at radius 1 is 1.03 bits per heavy atom. The van der Waals surface area contributed by atoms with Crippen LogP contribution in [0.3, 0.4) is 0 Å². The number of nitrogens with one attached hydrogen (secondary N) is 1.